The number of H-pyrrole nitrogens is 2. The van der Waals surface area contributed by atoms with Crippen LogP contribution in [0.2, 0.25) is 0 Å². The smallest absolute Gasteiger partial charge is 0.314 e. The molecule has 1 aromatic heterocycles. The molecule has 3 aromatic rings. The van der Waals surface area contributed by atoms with Gasteiger partial charge in [0.15, 0.2) is 0 Å². The van der Waals surface area contributed by atoms with Crippen molar-refractivity contribution in [2.75, 3.05) is 13.6 Å². The van der Waals surface area contributed by atoms with Crippen molar-refractivity contribution in [2.24, 2.45) is 0 Å². The summed E-state index contributed by atoms with van der Waals surface area (Å²) in [5, 5.41) is 0. The monoisotopic (exact) mass is 337 g/mol. The quantitative estimate of drug-likeness (QED) is 0.698. The molecule has 2 aromatic carbocycles. The van der Waals surface area contributed by atoms with Crippen molar-refractivity contribution in [2.45, 2.75) is 12.8 Å². The Bertz CT molecular complexity index is 1010. The van der Waals surface area contributed by atoms with Crippen molar-refractivity contribution >= 4 is 16.9 Å². The van der Waals surface area contributed by atoms with Crippen LogP contribution >= 0.6 is 0 Å². The highest BCUT2D eigenvalue weighted by atomic mass is 16.2. The molecule has 3 rings (SSSR count). The maximum Gasteiger partial charge on any atom is 0.314 e. The van der Waals surface area contributed by atoms with Crippen LogP contribution in [0.25, 0.3) is 11.0 Å². The van der Waals surface area contributed by atoms with Crippen LogP contribution in [0.1, 0.15) is 22.3 Å². The zero-order valence-electron chi connectivity index (χ0n) is 13.9. The largest absolute Gasteiger partial charge is 0.342 e. The topological polar surface area (TPSA) is 86.0 Å². The molecule has 0 unspecified atom stereocenters. The molecule has 128 valence electrons. The van der Waals surface area contributed by atoms with Gasteiger partial charge in [0.25, 0.3) is 5.91 Å². The summed E-state index contributed by atoms with van der Waals surface area (Å²) >= 11 is 0. The molecule has 1 amide bonds. The fourth-order valence-electron chi connectivity index (χ4n) is 2.73. The molecule has 0 atom stereocenters. The number of carbonyl (C=O) groups excluding carboxylic acids is 1. The van der Waals surface area contributed by atoms with E-state index in [2.05, 4.69) is 22.1 Å². The average Bonchev–Trinajstić information content (AvgIpc) is 2.62. The lowest BCUT2D eigenvalue weighted by Gasteiger charge is -2.17. The zero-order chi connectivity index (χ0) is 17.8. The van der Waals surface area contributed by atoms with Gasteiger partial charge in [0.1, 0.15) is 0 Å². The number of aryl methyl sites for hydroxylation is 1. The highest BCUT2D eigenvalue weighted by Gasteiger charge is 2.12. The van der Waals surface area contributed by atoms with E-state index in [0.717, 1.165) is 12.8 Å². The lowest BCUT2D eigenvalue weighted by Crippen LogP contribution is -2.30. The summed E-state index contributed by atoms with van der Waals surface area (Å²) in [6.07, 6.45) is 1.77. The minimum absolute atomic E-state index is 0.123. The van der Waals surface area contributed by atoms with Crippen LogP contribution in [-0.2, 0) is 6.42 Å². The second-order valence-corrected chi connectivity index (χ2v) is 5.98. The Morgan fingerprint density at radius 1 is 0.960 bits per heavy atom. The van der Waals surface area contributed by atoms with Gasteiger partial charge in [-0.1, -0.05) is 30.3 Å². The zero-order valence-corrected chi connectivity index (χ0v) is 13.9. The van der Waals surface area contributed by atoms with Crippen LogP contribution < -0.4 is 11.1 Å². The summed E-state index contributed by atoms with van der Waals surface area (Å²) in [4.78, 5) is 41.9. The van der Waals surface area contributed by atoms with E-state index in [9.17, 15) is 14.4 Å². The van der Waals surface area contributed by atoms with Gasteiger partial charge in [0.05, 0.1) is 11.0 Å². The molecular formula is C19H19N3O3. The number of hydrogen-bond acceptors (Lipinski definition) is 3. The number of amides is 1. The first kappa shape index (κ1) is 16.7. The van der Waals surface area contributed by atoms with E-state index in [-0.39, 0.29) is 5.91 Å². The molecule has 0 aliphatic carbocycles. The SMILES string of the molecule is CN(CCCc1ccccc1)C(=O)c1ccc2[nH]c(=O)c(=O)[nH]c2c1. The van der Waals surface area contributed by atoms with Gasteiger partial charge in [0, 0.05) is 19.2 Å². The van der Waals surface area contributed by atoms with Crippen molar-refractivity contribution in [1.29, 1.82) is 0 Å². The first-order valence-corrected chi connectivity index (χ1v) is 8.10. The minimum Gasteiger partial charge on any atom is -0.342 e. The third kappa shape index (κ3) is 3.85. The summed E-state index contributed by atoms with van der Waals surface area (Å²) < 4.78 is 0. The fraction of sp³-hybridized carbons (Fsp3) is 0.211. The molecule has 0 radical (unpaired) electrons. The Labute approximate surface area is 144 Å². The number of rotatable bonds is 5. The molecule has 0 fully saturated rings. The molecule has 0 spiro atoms. The minimum atomic E-state index is -0.728. The summed E-state index contributed by atoms with van der Waals surface area (Å²) in [7, 11) is 1.76. The normalized spacial score (nSPS) is 10.8. The van der Waals surface area contributed by atoms with Crippen LogP contribution in [0, 0.1) is 0 Å². The van der Waals surface area contributed by atoms with Crippen molar-refractivity contribution in [1.82, 2.24) is 14.9 Å². The molecular weight excluding hydrogens is 318 g/mol. The fourth-order valence-corrected chi connectivity index (χ4v) is 2.73. The second kappa shape index (κ2) is 7.17. The van der Waals surface area contributed by atoms with E-state index >= 15 is 0 Å². The van der Waals surface area contributed by atoms with Crippen molar-refractivity contribution in [3.63, 3.8) is 0 Å². The molecule has 0 saturated carbocycles. The average molecular weight is 337 g/mol. The lowest BCUT2D eigenvalue weighted by molar-refractivity contribution is 0.0793. The lowest BCUT2D eigenvalue weighted by atomic mass is 10.1. The van der Waals surface area contributed by atoms with Gasteiger partial charge in [-0.05, 0) is 36.6 Å². The van der Waals surface area contributed by atoms with Gasteiger partial charge >= 0.3 is 11.1 Å². The third-order valence-corrected chi connectivity index (χ3v) is 4.12. The van der Waals surface area contributed by atoms with E-state index in [4.69, 9.17) is 0 Å². The Hall–Kier alpha value is -3.15. The number of carbonyl (C=O) groups is 1. The second-order valence-electron chi connectivity index (χ2n) is 5.98. The maximum absolute atomic E-state index is 12.5. The summed E-state index contributed by atoms with van der Waals surface area (Å²) in [5.74, 6) is -0.123. The van der Waals surface area contributed by atoms with Crippen molar-refractivity contribution < 1.29 is 4.79 Å². The van der Waals surface area contributed by atoms with Crippen molar-refractivity contribution in [3.05, 3.63) is 80.4 Å². The number of fused-ring (bicyclic) bond motifs is 1. The molecule has 0 saturated heterocycles. The van der Waals surface area contributed by atoms with Crippen LogP contribution in [0.15, 0.2) is 58.1 Å². The van der Waals surface area contributed by atoms with E-state index in [1.54, 1.807) is 30.1 Å². The van der Waals surface area contributed by atoms with Gasteiger partial charge in [0.2, 0.25) is 0 Å². The summed E-state index contributed by atoms with van der Waals surface area (Å²) in [5.41, 5.74) is 1.21. The maximum atomic E-state index is 12.5. The van der Waals surface area contributed by atoms with Gasteiger partial charge in [-0.2, -0.15) is 0 Å². The first-order chi connectivity index (χ1) is 12.0. The number of aromatic nitrogens is 2. The highest BCUT2D eigenvalue weighted by molar-refractivity contribution is 5.97. The van der Waals surface area contributed by atoms with Crippen LogP contribution in [-0.4, -0.2) is 34.4 Å². The Morgan fingerprint density at radius 3 is 2.36 bits per heavy atom. The summed E-state index contributed by atoms with van der Waals surface area (Å²) in [6, 6.07) is 15.0. The van der Waals surface area contributed by atoms with Crippen LogP contribution in [0.4, 0.5) is 0 Å². The van der Waals surface area contributed by atoms with Crippen LogP contribution in [0.5, 0.6) is 0 Å². The molecule has 6 heteroatoms. The number of nitrogens with zero attached hydrogens (tertiary/aromatic N) is 1. The Balaban J connectivity index is 1.69. The van der Waals surface area contributed by atoms with E-state index in [1.165, 1.54) is 5.56 Å². The Kier molecular flexibility index (Phi) is 4.79. The third-order valence-electron chi connectivity index (χ3n) is 4.12. The standard InChI is InChI=1S/C19H19N3O3/c1-22(11-5-8-13-6-3-2-4-7-13)19(25)14-9-10-15-16(12-14)21-18(24)17(23)20-15/h2-4,6-7,9-10,12H,5,8,11H2,1H3,(H,20,23)(H,21,24). The predicted octanol–water partition coefficient (Wildman–Crippen LogP) is 1.92. The van der Waals surface area contributed by atoms with Gasteiger partial charge in [-0.3, -0.25) is 14.4 Å². The summed E-state index contributed by atoms with van der Waals surface area (Å²) in [6.45, 7) is 0.633. The Morgan fingerprint density at radius 2 is 1.64 bits per heavy atom. The molecule has 6 nitrogen and oxygen atoms in total. The molecule has 0 aliphatic heterocycles. The highest BCUT2D eigenvalue weighted by Crippen LogP contribution is 2.12. The van der Waals surface area contributed by atoms with Crippen molar-refractivity contribution in [3.8, 4) is 0 Å². The van der Waals surface area contributed by atoms with Gasteiger partial charge in [-0.25, -0.2) is 0 Å². The van der Waals surface area contributed by atoms with Gasteiger partial charge in [-0.15, -0.1) is 0 Å². The van der Waals surface area contributed by atoms with E-state index < -0.39 is 11.1 Å². The molecule has 0 aliphatic rings. The van der Waals surface area contributed by atoms with Crippen LogP contribution in [0.3, 0.4) is 0 Å². The molecule has 2 N–H and O–H groups in total. The van der Waals surface area contributed by atoms with E-state index in [0.29, 0.717) is 23.1 Å². The predicted molar refractivity (Wildman–Crippen MR) is 96.9 cm³/mol. The number of nitrogens with one attached hydrogen (secondary N) is 2. The molecule has 0 bridgehead atoms. The van der Waals surface area contributed by atoms with Gasteiger partial charge < -0.3 is 14.9 Å². The first-order valence-electron chi connectivity index (χ1n) is 8.10. The number of hydrogen-bond donors (Lipinski definition) is 2. The number of aromatic amines is 2. The molecule has 1 heterocycles. The number of benzene rings is 2. The van der Waals surface area contributed by atoms with E-state index in [1.807, 2.05) is 18.2 Å². The molecule has 25 heavy (non-hydrogen) atoms.